The van der Waals surface area contributed by atoms with Gasteiger partial charge in [0.05, 0.1) is 34.5 Å². The quantitative estimate of drug-likeness (QED) is 0.164. The number of hydrogen-bond donors (Lipinski definition) is 1. The van der Waals surface area contributed by atoms with Crippen molar-refractivity contribution in [2.24, 2.45) is 0 Å². The van der Waals surface area contributed by atoms with Crippen molar-refractivity contribution >= 4 is 57.9 Å². The molecule has 34 heavy (non-hydrogen) atoms. The summed E-state index contributed by atoms with van der Waals surface area (Å²) in [6.45, 7) is 4.14. The summed E-state index contributed by atoms with van der Waals surface area (Å²) in [5, 5.41) is 13.6. The van der Waals surface area contributed by atoms with Crippen LogP contribution in [0.25, 0.3) is 6.08 Å². The predicted octanol–water partition coefficient (Wildman–Crippen LogP) is 3.67. The summed E-state index contributed by atoms with van der Waals surface area (Å²) in [4.78, 5) is 50.1. The molecule has 1 fully saturated rings. The van der Waals surface area contributed by atoms with Crippen molar-refractivity contribution in [3.8, 4) is 17.2 Å². The molecule has 2 aromatic rings. The maximum absolute atomic E-state index is 13.3. The van der Waals surface area contributed by atoms with Gasteiger partial charge < -0.3 is 14.2 Å². The number of rotatable bonds is 8. The number of nitrogens with zero attached hydrogens (tertiary/aromatic N) is 2. The van der Waals surface area contributed by atoms with E-state index in [9.17, 15) is 24.5 Å². The second-order valence-electron chi connectivity index (χ2n) is 6.77. The lowest BCUT2D eigenvalue weighted by Crippen LogP contribution is -2.54. The molecule has 0 radical (unpaired) electrons. The van der Waals surface area contributed by atoms with E-state index in [1.165, 1.54) is 31.4 Å². The van der Waals surface area contributed by atoms with Gasteiger partial charge in [0, 0.05) is 12.1 Å². The molecule has 12 heteroatoms. The minimum absolute atomic E-state index is 0.0538. The van der Waals surface area contributed by atoms with Crippen LogP contribution in [-0.2, 0) is 9.59 Å². The fourth-order valence-electron chi connectivity index (χ4n) is 3.27. The highest BCUT2D eigenvalue weighted by atomic mass is 127. The van der Waals surface area contributed by atoms with E-state index in [1.54, 1.807) is 26.0 Å². The zero-order chi connectivity index (χ0) is 25.0. The molecule has 0 spiro atoms. The van der Waals surface area contributed by atoms with Crippen molar-refractivity contribution < 1.29 is 33.5 Å². The summed E-state index contributed by atoms with van der Waals surface area (Å²) < 4.78 is 16.5. The van der Waals surface area contributed by atoms with Crippen LogP contribution >= 0.6 is 22.6 Å². The largest absolute Gasteiger partial charge is 0.494 e. The average Bonchev–Trinajstić information content (AvgIpc) is 2.78. The molecule has 11 nitrogen and oxygen atoms in total. The molecule has 3 rings (SSSR count). The smallest absolute Gasteiger partial charge is 0.336 e. The van der Waals surface area contributed by atoms with Crippen molar-refractivity contribution in [2.75, 3.05) is 25.2 Å². The number of carbonyl (C=O) groups excluding carboxylic acids is 3. The van der Waals surface area contributed by atoms with Crippen LogP contribution in [0.1, 0.15) is 19.4 Å². The Hall–Kier alpha value is -3.68. The lowest BCUT2D eigenvalue weighted by Gasteiger charge is -2.28. The Kier molecular flexibility index (Phi) is 7.71. The first-order valence-electron chi connectivity index (χ1n) is 10.0. The van der Waals surface area contributed by atoms with E-state index in [0.29, 0.717) is 15.9 Å². The number of barbiturate groups is 1. The third-order valence-electron chi connectivity index (χ3n) is 4.64. The first kappa shape index (κ1) is 25.0. The summed E-state index contributed by atoms with van der Waals surface area (Å²) >= 11 is 1.85. The van der Waals surface area contributed by atoms with Crippen LogP contribution in [0.5, 0.6) is 17.2 Å². The van der Waals surface area contributed by atoms with Gasteiger partial charge in [0.25, 0.3) is 11.8 Å². The summed E-state index contributed by atoms with van der Waals surface area (Å²) in [6, 6.07) is 6.38. The molecule has 0 aromatic heterocycles. The Morgan fingerprint density at radius 2 is 1.82 bits per heavy atom. The first-order chi connectivity index (χ1) is 16.2. The van der Waals surface area contributed by atoms with Crippen LogP contribution in [-0.4, -0.2) is 43.1 Å². The lowest BCUT2D eigenvalue weighted by atomic mass is 10.1. The van der Waals surface area contributed by atoms with Crippen molar-refractivity contribution in [1.82, 2.24) is 5.32 Å². The molecular weight excluding hydrogens is 561 g/mol. The van der Waals surface area contributed by atoms with Gasteiger partial charge in [-0.2, -0.15) is 0 Å². The van der Waals surface area contributed by atoms with Crippen molar-refractivity contribution in [1.29, 1.82) is 0 Å². The molecule has 0 unspecified atom stereocenters. The van der Waals surface area contributed by atoms with E-state index in [1.807, 2.05) is 22.6 Å². The molecule has 0 saturated carbocycles. The standard InChI is InChI=1S/C22H20IN3O8/c1-4-33-13-6-7-18(34-5-2)16(11-13)25-21(28)14(20(27)24-22(25)29)8-12-9-15(23)19(32-3)17(10-12)26(30)31/h6-11H,4-5H2,1-3H3,(H,24,27,29)/b14-8+. The van der Waals surface area contributed by atoms with E-state index in [-0.39, 0.29) is 40.6 Å². The Labute approximate surface area is 207 Å². The monoisotopic (exact) mass is 581 g/mol. The van der Waals surface area contributed by atoms with Gasteiger partial charge in [0.15, 0.2) is 0 Å². The lowest BCUT2D eigenvalue weighted by molar-refractivity contribution is -0.385. The van der Waals surface area contributed by atoms with E-state index in [2.05, 4.69) is 5.32 Å². The number of ether oxygens (including phenoxy) is 3. The Morgan fingerprint density at radius 3 is 2.44 bits per heavy atom. The maximum Gasteiger partial charge on any atom is 0.336 e. The number of benzene rings is 2. The van der Waals surface area contributed by atoms with Gasteiger partial charge >= 0.3 is 11.7 Å². The number of carbonyl (C=O) groups is 3. The number of hydrogen-bond acceptors (Lipinski definition) is 8. The molecule has 1 aliphatic heterocycles. The second kappa shape index (κ2) is 10.5. The minimum atomic E-state index is -0.961. The molecule has 4 amide bonds. The first-order valence-corrected chi connectivity index (χ1v) is 11.1. The number of methoxy groups -OCH3 is 1. The fourth-order valence-corrected chi connectivity index (χ4v) is 4.13. The molecule has 1 N–H and O–H groups in total. The molecule has 0 atom stereocenters. The normalized spacial score (nSPS) is 14.8. The van der Waals surface area contributed by atoms with Gasteiger partial charge in [-0.3, -0.25) is 25.0 Å². The predicted molar refractivity (Wildman–Crippen MR) is 130 cm³/mol. The molecular formula is C22H20IN3O8. The SMILES string of the molecule is CCOc1ccc(OCC)c(N2C(=O)NC(=O)/C(=C\c3cc(I)c(OC)c([N+](=O)[O-])c3)C2=O)c1. The zero-order valence-electron chi connectivity index (χ0n) is 18.4. The highest BCUT2D eigenvalue weighted by molar-refractivity contribution is 14.1. The van der Waals surface area contributed by atoms with Gasteiger partial charge in [0.1, 0.15) is 17.1 Å². The van der Waals surface area contributed by atoms with Gasteiger partial charge in [-0.05, 0) is 66.3 Å². The number of urea groups is 1. The number of nitro benzene ring substituents is 1. The van der Waals surface area contributed by atoms with Gasteiger partial charge in [-0.25, -0.2) is 9.69 Å². The highest BCUT2D eigenvalue weighted by Gasteiger charge is 2.38. The third-order valence-corrected chi connectivity index (χ3v) is 5.44. The van der Waals surface area contributed by atoms with Crippen LogP contribution in [0.2, 0.25) is 0 Å². The van der Waals surface area contributed by atoms with Crippen molar-refractivity contribution in [2.45, 2.75) is 13.8 Å². The molecule has 0 aliphatic carbocycles. The Balaban J connectivity index is 2.12. The van der Waals surface area contributed by atoms with Gasteiger partial charge in [0.2, 0.25) is 5.75 Å². The average molecular weight is 581 g/mol. The summed E-state index contributed by atoms with van der Waals surface area (Å²) in [6.07, 6.45) is 1.18. The summed E-state index contributed by atoms with van der Waals surface area (Å²) in [5.74, 6) is -1.17. The molecule has 178 valence electrons. The van der Waals surface area contributed by atoms with Gasteiger partial charge in [-0.1, -0.05) is 0 Å². The van der Waals surface area contributed by atoms with E-state index in [0.717, 1.165) is 4.90 Å². The highest BCUT2D eigenvalue weighted by Crippen LogP contribution is 2.36. The fraction of sp³-hybridized carbons (Fsp3) is 0.227. The van der Waals surface area contributed by atoms with E-state index >= 15 is 0 Å². The number of nitro groups is 1. The molecule has 0 bridgehead atoms. The topological polar surface area (TPSA) is 137 Å². The molecule has 2 aromatic carbocycles. The number of nitrogens with one attached hydrogen (secondary N) is 1. The second-order valence-corrected chi connectivity index (χ2v) is 7.93. The molecule has 1 aliphatic rings. The Morgan fingerprint density at radius 1 is 1.12 bits per heavy atom. The minimum Gasteiger partial charge on any atom is -0.494 e. The summed E-state index contributed by atoms with van der Waals surface area (Å²) in [7, 11) is 1.30. The number of amides is 4. The van der Waals surface area contributed by atoms with Crippen LogP contribution < -0.4 is 24.4 Å². The number of halogens is 1. The summed E-state index contributed by atoms with van der Waals surface area (Å²) in [5.41, 5.74) is -0.429. The van der Waals surface area contributed by atoms with Crippen LogP contribution in [0.4, 0.5) is 16.2 Å². The van der Waals surface area contributed by atoms with E-state index in [4.69, 9.17) is 14.2 Å². The Bertz CT molecular complexity index is 1210. The van der Waals surface area contributed by atoms with Gasteiger partial charge in [-0.15, -0.1) is 0 Å². The molecule has 1 heterocycles. The van der Waals surface area contributed by atoms with Crippen molar-refractivity contribution in [3.05, 3.63) is 55.2 Å². The number of imide groups is 2. The maximum atomic E-state index is 13.3. The van der Waals surface area contributed by atoms with Crippen LogP contribution in [0.15, 0.2) is 35.9 Å². The van der Waals surface area contributed by atoms with E-state index < -0.39 is 22.8 Å². The third kappa shape index (κ3) is 4.95. The number of anilines is 1. The van der Waals surface area contributed by atoms with Crippen LogP contribution in [0, 0.1) is 13.7 Å². The van der Waals surface area contributed by atoms with Crippen molar-refractivity contribution in [3.63, 3.8) is 0 Å². The molecule has 1 saturated heterocycles. The zero-order valence-corrected chi connectivity index (χ0v) is 20.6. The van der Waals surface area contributed by atoms with Crippen LogP contribution in [0.3, 0.4) is 0 Å².